The highest BCUT2D eigenvalue weighted by Gasteiger charge is 2.45. The first-order valence-electron chi connectivity index (χ1n) is 9.03. The summed E-state index contributed by atoms with van der Waals surface area (Å²) in [5.74, 6) is 1.83. The summed E-state index contributed by atoms with van der Waals surface area (Å²) in [7, 11) is 0. The Bertz CT molecular complexity index is 743. The number of amides is 1. The predicted octanol–water partition coefficient (Wildman–Crippen LogP) is 2.79. The minimum absolute atomic E-state index is 0.0840. The van der Waals surface area contributed by atoms with Crippen molar-refractivity contribution in [1.82, 2.24) is 19.7 Å². The van der Waals surface area contributed by atoms with Crippen molar-refractivity contribution in [2.24, 2.45) is 11.8 Å². The van der Waals surface area contributed by atoms with Crippen molar-refractivity contribution < 1.29 is 9.53 Å². The molecule has 0 radical (unpaired) electrons. The summed E-state index contributed by atoms with van der Waals surface area (Å²) < 4.78 is 7.96. The van der Waals surface area contributed by atoms with Gasteiger partial charge in [-0.05, 0) is 50.8 Å². The third-order valence-electron chi connectivity index (χ3n) is 5.38. The van der Waals surface area contributed by atoms with Crippen LogP contribution >= 0.6 is 0 Å². The topological polar surface area (TPSA) is 60.2 Å². The van der Waals surface area contributed by atoms with Crippen molar-refractivity contribution in [3.8, 4) is 5.75 Å². The monoisotopic (exact) mass is 340 g/mol. The summed E-state index contributed by atoms with van der Waals surface area (Å²) >= 11 is 0. The molecule has 2 aliphatic rings. The highest BCUT2D eigenvalue weighted by Crippen LogP contribution is 2.40. The molecule has 0 N–H and O–H groups in total. The molecule has 0 unspecified atom stereocenters. The predicted molar refractivity (Wildman–Crippen MR) is 93.4 cm³/mol. The number of aromatic nitrogens is 3. The molecule has 0 aromatic carbocycles. The van der Waals surface area contributed by atoms with E-state index in [1.807, 2.05) is 36.9 Å². The number of nitrogens with zero attached hydrogens (tertiary/aromatic N) is 4. The van der Waals surface area contributed by atoms with Crippen molar-refractivity contribution in [2.75, 3.05) is 13.1 Å². The van der Waals surface area contributed by atoms with E-state index in [0.29, 0.717) is 17.5 Å². The third kappa shape index (κ3) is 3.01. The molecule has 3 atom stereocenters. The number of rotatable bonds is 4. The first-order chi connectivity index (χ1) is 12.1. The van der Waals surface area contributed by atoms with Gasteiger partial charge in [0.1, 0.15) is 17.5 Å². The van der Waals surface area contributed by atoms with E-state index in [0.717, 1.165) is 31.7 Å². The summed E-state index contributed by atoms with van der Waals surface area (Å²) in [6.07, 6.45) is 7.55. The highest BCUT2D eigenvalue weighted by molar-refractivity contribution is 5.92. The van der Waals surface area contributed by atoms with Gasteiger partial charge in [0.15, 0.2) is 0 Å². The fraction of sp³-hybridized carbons (Fsp3) is 0.526. The van der Waals surface area contributed by atoms with Crippen LogP contribution in [-0.2, 0) is 0 Å². The Balaban J connectivity index is 1.45. The molecule has 2 fully saturated rings. The van der Waals surface area contributed by atoms with Gasteiger partial charge in [0.2, 0.25) is 0 Å². The smallest absolute Gasteiger partial charge is 0.272 e. The second kappa shape index (κ2) is 6.50. The number of likely N-dealkylation sites (tertiary alicyclic amines) is 1. The Kier molecular flexibility index (Phi) is 4.19. The van der Waals surface area contributed by atoms with Gasteiger partial charge in [-0.3, -0.25) is 14.5 Å². The van der Waals surface area contributed by atoms with E-state index in [4.69, 9.17) is 4.74 Å². The number of carbonyl (C=O) groups excluding carboxylic acids is 1. The number of pyridine rings is 1. The number of fused-ring (bicyclic) bond motifs is 1. The van der Waals surface area contributed by atoms with E-state index in [1.165, 1.54) is 0 Å². The lowest BCUT2D eigenvalue weighted by Crippen LogP contribution is -2.34. The molecule has 2 aromatic heterocycles. The van der Waals surface area contributed by atoms with E-state index in [1.54, 1.807) is 23.3 Å². The molecular weight excluding hydrogens is 316 g/mol. The summed E-state index contributed by atoms with van der Waals surface area (Å²) in [6.45, 7) is 5.66. The second-order valence-corrected chi connectivity index (χ2v) is 7.31. The Morgan fingerprint density at radius 1 is 1.24 bits per heavy atom. The second-order valence-electron chi connectivity index (χ2n) is 7.31. The van der Waals surface area contributed by atoms with Gasteiger partial charge in [0, 0.05) is 37.4 Å². The van der Waals surface area contributed by atoms with Crippen LogP contribution in [0.1, 0.15) is 43.2 Å². The fourth-order valence-corrected chi connectivity index (χ4v) is 4.18. The molecule has 1 saturated heterocycles. The van der Waals surface area contributed by atoms with Crippen LogP contribution in [0.2, 0.25) is 0 Å². The molecule has 25 heavy (non-hydrogen) atoms. The molecule has 1 saturated carbocycles. The van der Waals surface area contributed by atoms with E-state index in [9.17, 15) is 4.79 Å². The van der Waals surface area contributed by atoms with Gasteiger partial charge in [-0.25, -0.2) is 0 Å². The Morgan fingerprint density at radius 3 is 2.88 bits per heavy atom. The lowest BCUT2D eigenvalue weighted by atomic mass is 9.99. The van der Waals surface area contributed by atoms with Crippen molar-refractivity contribution in [1.29, 1.82) is 0 Å². The van der Waals surface area contributed by atoms with Gasteiger partial charge in [0.05, 0.1) is 6.20 Å². The molecule has 1 aliphatic carbocycles. The minimum Gasteiger partial charge on any atom is -0.488 e. The average Bonchev–Trinajstić information content (AvgIpc) is 3.31. The van der Waals surface area contributed by atoms with Gasteiger partial charge in [0.25, 0.3) is 5.91 Å². The Hall–Kier alpha value is -2.37. The lowest BCUT2D eigenvalue weighted by Gasteiger charge is -2.22. The van der Waals surface area contributed by atoms with Crippen LogP contribution in [0.3, 0.4) is 0 Å². The summed E-state index contributed by atoms with van der Waals surface area (Å²) in [4.78, 5) is 19.0. The van der Waals surface area contributed by atoms with Crippen molar-refractivity contribution >= 4 is 5.91 Å². The van der Waals surface area contributed by atoms with Gasteiger partial charge >= 0.3 is 0 Å². The SMILES string of the molecule is CC(C)n1nccc1C(=O)N1C[C@H]2CC[C@H](Oc3cccnc3)[C@H]2C1. The van der Waals surface area contributed by atoms with Crippen LogP contribution in [0, 0.1) is 11.8 Å². The zero-order valence-electron chi connectivity index (χ0n) is 14.7. The van der Waals surface area contributed by atoms with Crippen LogP contribution in [0.15, 0.2) is 36.8 Å². The molecule has 6 nitrogen and oxygen atoms in total. The highest BCUT2D eigenvalue weighted by atomic mass is 16.5. The molecule has 0 bridgehead atoms. The van der Waals surface area contributed by atoms with Crippen LogP contribution in [0.4, 0.5) is 0 Å². The first-order valence-corrected chi connectivity index (χ1v) is 9.03. The Morgan fingerprint density at radius 2 is 2.12 bits per heavy atom. The van der Waals surface area contributed by atoms with Gasteiger partial charge in [-0.2, -0.15) is 5.10 Å². The molecule has 2 aromatic rings. The molecule has 1 amide bonds. The average molecular weight is 340 g/mol. The van der Waals surface area contributed by atoms with Crippen molar-refractivity contribution in [3.05, 3.63) is 42.5 Å². The maximum absolute atomic E-state index is 12.9. The molecular formula is C19H24N4O2. The lowest BCUT2D eigenvalue weighted by molar-refractivity contribution is 0.0748. The Labute approximate surface area is 147 Å². The number of ether oxygens (including phenoxy) is 1. The standard InChI is InChI=1S/C19H24N4O2/c1-13(2)23-17(7-9-21-23)19(24)22-11-14-5-6-18(16(14)12-22)25-15-4-3-8-20-10-15/h3-4,7-10,13-14,16,18H,5-6,11-12H2,1-2H3/t14-,16+,18+/m1/s1. The van der Waals surface area contributed by atoms with Crippen molar-refractivity contribution in [3.63, 3.8) is 0 Å². The molecule has 1 aliphatic heterocycles. The van der Waals surface area contributed by atoms with Gasteiger partial charge in [-0.1, -0.05) is 0 Å². The minimum atomic E-state index is 0.0840. The summed E-state index contributed by atoms with van der Waals surface area (Å²) in [5, 5.41) is 4.29. The van der Waals surface area contributed by atoms with E-state index in [-0.39, 0.29) is 18.1 Å². The number of carbonyl (C=O) groups is 1. The third-order valence-corrected chi connectivity index (χ3v) is 5.38. The molecule has 0 spiro atoms. The zero-order chi connectivity index (χ0) is 17.4. The summed E-state index contributed by atoms with van der Waals surface area (Å²) in [5.41, 5.74) is 0.680. The first kappa shape index (κ1) is 16.1. The zero-order valence-corrected chi connectivity index (χ0v) is 14.7. The maximum Gasteiger partial charge on any atom is 0.272 e. The number of hydrogen-bond donors (Lipinski definition) is 0. The fourth-order valence-electron chi connectivity index (χ4n) is 4.18. The van der Waals surface area contributed by atoms with Gasteiger partial charge < -0.3 is 9.64 Å². The molecule has 4 rings (SSSR count). The number of hydrogen-bond acceptors (Lipinski definition) is 4. The normalized spacial score (nSPS) is 25.4. The van der Waals surface area contributed by atoms with E-state index in [2.05, 4.69) is 10.1 Å². The van der Waals surface area contributed by atoms with Gasteiger partial charge in [-0.15, -0.1) is 0 Å². The van der Waals surface area contributed by atoms with Crippen LogP contribution < -0.4 is 4.74 Å². The molecule has 132 valence electrons. The van der Waals surface area contributed by atoms with Crippen LogP contribution in [-0.4, -0.2) is 44.8 Å². The van der Waals surface area contributed by atoms with Crippen LogP contribution in [0.25, 0.3) is 0 Å². The molecule has 6 heteroatoms. The van der Waals surface area contributed by atoms with E-state index >= 15 is 0 Å². The quantitative estimate of drug-likeness (QED) is 0.859. The van der Waals surface area contributed by atoms with Crippen molar-refractivity contribution in [2.45, 2.75) is 38.8 Å². The maximum atomic E-state index is 12.9. The molecule has 3 heterocycles. The van der Waals surface area contributed by atoms with Crippen LogP contribution in [0.5, 0.6) is 5.75 Å². The van der Waals surface area contributed by atoms with E-state index < -0.39 is 0 Å². The summed E-state index contributed by atoms with van der Waals surface area (Å²) in [6, 6.07) is 5.83. The largest absolute Gasteiger partial charge is 0.488 e.